The lowest BCUT2D eigenvalue weighted by Crippen LogP contribution is -2.65. The summed E-state index contributed by atoms with van der Waals surface area (Å²) in [4.78, 5) is 39.7. The summed E-state index contributed by atoms with van der Waals surface area (Å²) in [5.41, 5.74) is 0. The lowest BCUT2D eigenvalue weighted by Gasteiger charge is -2.46. The maximum atomic E-state index is 13.5. The van der Waals surface area contributed by atoms with Crippen LogP contribution in [0.2, 0.25) is 0 Å². The molecule has 2 aliphatic rings. The van der Waals surface area contributed by atoms with Crippen molar-refractivity contribution in [3.05, 3.63) is 0 Å². The molecule has 0 aromatic carbocycles. The van der Waals surface area contributed by atoms with E-state index < -0.39 is 92.5 Å². The van der Waals surface area contributed by atoms with E-state index in [1.807, 2.05) is 0 Å². The first kappa shape index (κ1) is 68.2. The van der Waals surface area contributed by atoms with Crippen molar-refractivity contribution in [2.75, 3.05) is 13.2 Å². The number of carbonyl (C=O) groups excluding carboxylic acids is 3. The van der Waals surface area contributed by atoms with Gasteiger partial charge in [-0.05, 0) is 19.3 Å². The van der Waals surface area contributed by atoms with Gasteiger partial charge in [0.25, 0.3) is 0 Å². The highest BCUT2D eigenvalue weighted by Gasteiger charge is 2.53. The van der Waals surface area contributed by atoms with Crippen molar-refractivity contribution in [1.82, 2.24) is 0 Å². The molecule has 0 amide bonds. The van der Waals surface area contributed by atoms with Crippen LogP contribution in [0, 0.1) is 0 Å². The molecule has 2 aliphatic heterocycles. The zero-order chi connectivity index (χ0) is 53.9. The van der Waals surface area contributed by atoms with Crippen LogP contribution in [0.15, 0.2) is 0 Å². The van der Waals surface area contributed by atoms with Crippen molar-refractivity contribution in [3.8, 4) is 0 Å². The van der Waals surface area contributed by atoms with E-state index in [2.05, 4.69) is 20.8 Å². The Morgan fingerprint density at radius 3 is 1.01 bits per heavy atom. The summed E-state index contributed by atoms with van der Waals surface area (Å²) >= 11 is 0. The monoisotopic (exact) mass is 1060 g/mol. The van der Waals surface area contributed by atoms with E-state index in [0.717, 1.165) is 70.6 Å². The van der Waals surface area contributed by atoms with Gasteiger partial charge < -0.3 is 54.0 Å². The minimum atomic E-state index is -1.84. The summed E-state index contributed by atoms with van der Waals surface area (Å²) < 4.78 is 35.1. The third-order valence-electron chi connectivity index (χ3n) is 15.1. The van der Waals surface area contributed by atoms with Gasteiger partial charge in [-0.25, -0.2) is 0 Å². The number of aliphatic hydroxyl groups is 5. The highest BCUT2D eigenvalue weighted by Crippen LogP contribution is 2.32. The van der Waals surface area contributed by atoms with Gasteiger partial charge >= 0.3 is 17.9 Å². The second-order valence-corrected chi connectivity index (χ2v) is 21.9. The first-order valence-electron chi connectivity index (χ1n) is 30.9. The van der Waals surface area contributed by atoms with E-state index in [4.69, 9.17) is 28.4 Å². The molecule has 2 fully saturated rings. The largest absolute Gasteiger partial charge is 0.463 e. The number of rotatable bonds is 49. The topological polar surface area (TPSA) is 208 Å². The summed E-state index contributed by atoms with van der Waals surface area (Å²) in [6, 6.07) is 0. The summed E-state index contributed by atoms with van der Waals surface area (Å²) in [5.74, 6) is -1.76. The molecule has 5 N–H and O–H groups in total. The second kappa shape index (κ2) is 46.0. The van der Waals surface area contributed by atoms with Crippen molar-refractivity contribution in [1.29, 1.82) is 0 Å². The van der Waals surface area contributed by atoms with Crippen LogP contribution in [-0.2, 0) is 42.8 Å². The minimum absolute atomic E-state index is 0.0420. The number of esters is 3. The van der Waals surface area contributed by atoms with Crippen molar-refractivity contribution in [2.45, 2.75) is 352 Å². The third-order valence-corrected chi connectivity index (χ3v) is 15.1. The fourth-order valence-corrected chi connectivity index (χ4v) is 10.2. The molecule has 2 saturated heterocycles. The smallest absolute Gasteiger partial charge is 0.306 e. The van der Waals surface area contributed by atoms with Gasteiger partial charge in [-0.3, -0.25) is 14.4 Å². The molecule has 0 spiro atoms. The van der Waals surface area contributed by atoms with E-state index in [1.165, 1.54) is 161 Å². The molecule has 0 radical (unpaired) electrons. The predicted molar refractivity (Wildman–Crippen MR) is 291 cm³/mol. The van der Waals surface area contributed by atoms with Crippen LogP contribution in [0.5, 0.6) is 0 Å². The van der Waals surface area contributed by atoms with Crippen molar-refractivity contribution < 1.29 is 68.3 Å². The lowest BCUT2D eigenvalue weighted by atomic mass is 9.97. The average molecular weight is 1060 g/mol. The molecule has 74 heavy (non-hydrogen) atoms. The summed E-state index contributed by atoms with van der Waals surface area (Å²) in [6.45, 7) is 5.54. The zero-order valence-electron chi connectivity index (χ0n) is 47.3. The fourth-order valence-electron chi connectivity index (χ4n) is 10.2. The molecule has 10 atom stereocenters. The number of aliphatic hydroxyl groups excluding tert-OH is 5. The lowest BCUT2D eigenvalue weighted by molar-refractivity contribution is -0.377. The van der Waals surface area contributed by atoms with Crippen molar-refractivity contribution >= 4 is 17.9 Å². The molecule has 0 saturated carbocycles. The van der Waals surface area contributed by atoms with Gasteiger partial charge in [-0.2, -0.15) is 0 Å². The van der Waals surface area contributed by atoms with Crippen LogP contribution in [-0.4, -0.2) is 118 Å². The Bertz CT molecular complexity index is 1340. The van der Waals surface area contributed by atoms with Crippen LogP contribution in [0.3, 0.4) is 0 Å². The minimum Gasteiger partial charge on any atom is -0.463 e. The molecule has 0 aliphatic carbocycles. The van der Waals surface area contributed by atoms with E-state index in [9.17, 15) is 39.9 Å². The highest BCUT2D eigenvalue weighted by atomic mass is 16.8. The average Bonchev–Trinajstić information content (AvgIpc) is 3.39. The number of hydrogen-bond acceptors (Lipinski definition) is 14. The summed E-state index contributed by atoms with van der Waals surface area (Å²) in [6.07, 6.45) is 29.2. The summed E-state index contributed by atoms with van der Waals surface area (Å²) in [7, 11) is 0. The number of unbranched alkanes of at least 4 members (excludes halogenated alkanes) is 36. The van der Waals surface area contributed by atoms with Gasteiger partial charge in [-0.1, -0.05) is 252 Å². The molecule has 2 rings (SSSR count). The number of hydrogen-bond donors (Lipinski definition) is 5. The van der Waals surface area contributed by atoms with Gasteiger partial charge in [0.15, 0.2) is 18.5 Å². The Hall–Kier alpha value is -1.91. The predicted octanol–water partition coefficient (Wildman–Crippen LogP) is 12.7. The van der Waals surface area contributed by atoms with Gasteiger partial charge in [0, 0.05) is 19.3 Å². The van der Waals surface area contributed by atoms with Crippen LogP contribution >= 0.6 is 0 Å². The Labute approximate surface area is 449 Å². The van der Waals surface area contributed by atoms with E-state index >= 15 is 0 Å². The standard InChI is InChI=1S/C60H112O14/c1-4-7-10-13-16-19-22-25-28-31-34-37-40-43-50(62)69-47-49-53(65)55(67)56(68)59(71-49)74-60-58(73-52(64)45-42-39-36-33-30-27-24-21-18-15-12-9-6-3)57(54(66)48(46-61)70-60)72-51(63)44-41-38-35-32-29-26-23-20-17-14-11-8-5-2/h48-49,53-61,65-68H,4-47H2,1-3H3/t48-,49-,53-,54-,55+,56-,57+,58-,59-,60-/m1/s1. The Kier molecular flexibility index (Phi) is 42.4. The first-order valence-corrected chi connectivity index (χ1v) is 30.9. The first-order chi connectivity index (χ1) is 36.1. The third kappa shape index (κ3) is 32.1. The molecule has 14 heteroatoms. The maximum Gasteiger partial charge on any atom is 0.306 e. The van der Waals surface area contributed by atoms with Crippen LogP contribution in [0.25, 0.3) is 0 Å². The zero-order valence-corrected chi connectivity index (χ0v) is 47.3. The van der Waals surface area contributed by atoms with E-state index in [-0.39, 0.29) is 19.3 Å². The Morgan fingerprint density at radius 2 is 0.662 bits per heavy atom. The molecule has 0 unspecified atom stereocenters. The van der Waals surface area contributed by atoms with Gasteiger partial charge in [-0.15, -0.1) is 0 Å². The molecular formula is C60H112O14. The molecular weight excluding hydrogens is 945 g/mol. The van der Waals surface area contributed by atoms with Crippen LogP contribution in [0.4, 0.5) is 0 Å². The Morgan fingerprint density at radius 1 is 0.351 bits per heavy atom. The van der Waals surface area contributed by atoms with Crippen LogP contribution in [0.1, 0.15) is 290 Å². The molecule has 0 aromatic heterocycles. The van der Waals surface area contributed by atoms with E-state index in [1.54, 1.807) is 0 Å². The number of ether oxygens (including phenoxy) is 6. The van der Waals surface area contributed by atoms with Crippen molar-refractivity contribution in [2.24, 2.45) is 0 Å². The normalized spacial score (nSPS) is 24.0. The summed E-state index contributed by atoms with van der Waals surface area (Å²) in [5, 5.41) is 54.6. The SMILES string of the molecule is CCCCCCCCCCCCCCCC(=O)OC[C@H]1O[C@H](O[C@H]2O[C@H](CO)[C@@H](O)[C@H](OC(=O)CCCCCCCCCCCCCCC)[C@H]2OC(=O)CCCCCCCCCCCCCCC)[C@H](O)[C@@H](O)[C@@H]1O. The highest BCUT2D eigenvalue weighted by molar-refractivity contribution is 5.71. The van der Waals surface area contributed by atoms with Gasteiger partial charge in [0.1, 0.15) is 43.2 Å². The molecule has 0 bridgehead atoms. The maximum absolute atomic E-state index is 13.5. The molecule has 0 aromatic rings. The molecule has 2 heterocycles. The Balaban J connectivity index is 1.97. The molecule has 14 nitrogen and oxygen atoms in total. The fraction of sp³-hybridized carbons (Fsp3) is 0.950. The van der Waals surface area contributed by atoms with Gasteiger partial charge in [0.05, 0.1) is 6.61 Å². The second-order valence-electron chi connectivity index (χ2n) is 21.9. The van der Waals surface area contributed by atoms with Gasteiger partial charge in [0.2, 0.25) is 6.29 Å². The quantitative estimate of drug-likeness (QED) is 0.0218. The van der Waals surface area contributed by atoms with E-state index in [0.29, 0.717) is 19.3 Å². The van der Waals surface area contributed by atoms with Crippen molar-refractivity contribution in [3.63, 3.8) is 0 Å². The van der Waals surface area contributed by atoms with Crippen LogP contribution < -0.4 is 0 Å². The number of carbonyl (C=O) groups is 3. The molecule has 436 valence electrons.